The van der Waals surface area contributed by atoms with Gasteiger partial charge in [0.15, 0.2) is 12.4 Å². The first-order valence-electron chi connectivity index (χ1n) is 6.50. The Morgan fingerprint density at radius 1 is 1.18 bits per heavy atom. The Balaban J connectivity index is 1.69. The highest BCUT2D eigenvalue weighted by Gasteiger charge is 2.49. The molecule has 4 atom stereocenters. The number of rotatable bonds is 3. The summed E-state index contributed by atoms with van der Waals surface area (Å²) in [6.45, 7) is 0.0156. The van der Waals surface area contributed by atoms with Gasteiger partial charge >= 0.3 is 11.9 Å². The molecule has 0 bridgehead atoms. The molecule has 2 fully saturated rings. The number of carboxylic acid groups (broad SMARTS) is 1. The van der Waals surface area contributed by atoms with Crippen molar-refractivity contribution in [2.24, 2.45) is 0 Å². The Labute approximate surface area is 124 Å². The van der Waals surface area contributed by atoms with Crippen molar-refractivity contribution in [3.8, 4) is 0 Å². The molecule has 1 aromatic rings. The molecule has 0 spiro atoms. The summed E-state index contributed by atoms with van der Waals surface area (Å²) >= 11 is 0. The van der Waals surface area contributed by atoms with Gasteiger partial charge in [-0.1, -0.05) is 12.1 Å². The number of aromatic carboxylic acids is 1. The fraction of sp³-hybridized carbons (Fsp3) is 0.357. The van der Waals surface area contributed by atoms with Crippen molar-refractivity contribution in [2.75, 3.05) is 6.61 Å². The second-order valence-corrected chi connectivity index (χ2v) is 4.93. The van der Waals surface area contributed by atoms with E-state index in [1.807, 2.05) is 0 Å². The molecule has 2 aliphatic heterocycles. The van der Waals surface area contributed by atoms with Crippen LogP contribution in [0.4, 0.5) is 0 Å². The molecule has 2 N–H and O–H groups in total. The van der Waals surface area contributed by atoms with E-state index in [-0.39, 0.29) is 12.2 Å². The van der Waals surface area contributed by atoms with E-state index in [2.05, 4.69) is 0 Å². The van der Waals surface area contributed by atoms with E-state index in [0.29, 0.717) is 5.56 Å². The van der Waals surface area contributed by atoms with Gasteiger partial charge in [-0.15, -0.1) is 0 Å². The third-order valence-electron chi connectivity index (χ3n) is 3.49. The van der Waals surface area contributed by atoms with Crippen molar-refractivity contribution < 1.29 is 38.8 Å². The molecule has 22 heavy (non-hydrogen) atoms. The number of esters is 1. The normalized spacial score (nSPS) is 31.3. The summed E-state index contributed by atoms with van der Waals surface area (Å²) in [6.07, 6.45) is -4.57. The van der Waals surface area contributed by atoms with Gasteiger partial charge in [0.25, 0.3) is 0 Å². The Morgan fingerprint density at radius 2 is 1.86 bits per heavy atom. The van der Waals surface area contributed by atoms with Crippen LogP contribution in [0.5, 0.6) is 0 Å². The standard InChI is InChI=1S/C14H12O8/c15-9-10(16)13(19)22-11(9)8-5-20-14(21-8)7-3-1-6(2-4-7)12(17)18/h1-4,8,10-11,14,16H,5H2,(H,17,18). The number of hydrogen-bond donors (Lipinski definition) is 2. The second kappa shape index (κ2) is 5.48. The van der Waals surface area contributed by atoms with Crippen LogP contribution >= 0.6 is 0 Å². The molecule has 0 saturated carbocycles. The molecule has 1 aromatic carbocycles. The van der Waals surface area contributed by atoms with Gasteiger partial charge < -0.3 is 24.4 Å². The van der Waals surface area contributed by atoms with E-state index in [1.165, 1.54) is 24.3 Å². The van der Waals surface area contributed by atoms with Crippen LogP contribution in [0.3, 0.4) is 0 Å². The molecule has 8 heteroatoms. The highest BCUT2D eigenvalue weighted by Crippen LogP contribution is 2.31. The molecular formula is C14H12O8. The first kappa shape index (κ1) is 14.6. The minimum Gasteiger partial charge on any atom is -0.478 e. The maximum Gasteiger partial charge on any atom is 0.343 e. The molecule has 116 valence electrons. The molecule has 2 aliphatic rings. The quantitative estimate of drug-likeness (QED) is 0.574. The Morgan fingerprint density at radius 3 is 2.41 bits per heavy atom. The lowest BCUT2D eigenvalue weighted by molar-refractivity contribution is -0.152. The molecular weight excluding hydrogens is 296 g/mol. The smallest absolute Gasteiger partial charge is 0.343 e. The fourth-order valence-electron chi connectivity index (χ4n) is 2.31. The average Bonchev–Trinajstić information content (AvgIpc) is 3.08. The topological polar surface area (TPSA) is 119 Å². The number of carbonyl (C=O) groups is 3. The number of ketones is 1. The SMILES string of the molecule is O=C(O)c1ccc(C2OCC(C3OC(=O)C(O)C3=O)O2)cc1. The van der Waals surface area contributed by atoms with E-state index < -0.39 is 42.3 Å². The molecule has 0 aromatic heterocycles. The van der Waals surface area contributed by atoms with Gasteiger partial charge in [0.1, 0.15) is 6.10 Å². The van der Waals surface area contributed by atoms with Gasteiger partial charge in [0, 0.05) is 5.56 Å². The van der Waals surface area contributed by atoms with E-state index in [4.69, 9.17) is 19.3 Å². The first-order valence-corrected chi connectivity index (χ1v) is 6.50. The maximum absolute atomic E-state index is 11.7. The maximum atomic E-state index is 11.7. The number of benzene rings is 1. The minimum atomic E-state index is -1.78. The first-order chi connectivity index (χ1) is 10.5. The molecule has 0 amide bonds. The number of aliphatic hydroxyl groups is 1. The zero-order valence-electron chi connectivity index (χ0n) is 11.2. The van der Waals surface area contributed by atoms with Crippen LogP contribution in [-0.4, -0.2) is 52.9 Å². The number of Topliss-reactive ketones (excluding diaryl/α,β-unsaturated/α-hetero) is 1. The van der Waals surface area contributed by atoms with Gasteiger partial charge in [-0.2, -0.15) is 0 Å². The van der Waals surface area contributed by atoms with Crippen molar-refractivity contribution in [1.82, 2.24) is 0 Å². The fourth-order valence-corrected chi connectivity index (χ4v) is 2.31. The van der Waals surface area contributed by atoms with Crippen LogP contribution in [0, 0.1) is 0 Å². The van der Waals surface area contributed by atoms with Crippen LogP contribution < -0.4 is 0 Å². The summed E-state index contributed by atoms with van der Waals surface area (Å²) in [5.41, 5.74) is 0.700. The third kappa shape index (κ3) is 2.47. The zero-order chi connectivity index (χ0) is 15.9. The van der Waals surface area contributed by atoms with Crippen molar-refractivity contribution in [3.05, 3.63) is 35.4 Å². The van der Waals surface area contributed by atoms with E-state index in [1.54, 1.807) is 0 Å². The number of aliphatic hydroxyl groups excluding tert-OH is 1. The summed E-state index contributed by atoms with van der Waals surface area (Å²) in [4.78, 5) is 33.6. The Hall–Kier alpha value is -2.29. The molecule has 3 rings (SSSR count). The van der Waals surface area contributed by atoms with Gasteiger partial charge in [0.2, 0.25) is 11.9 Å². The minimum absolute atomic E-state index is 0.0156. The van der Waals surface area contributed by atoms with Crippen LogP contribution in [0.2, 0.25) is 0 Å². The zero-order valence-corrected chi connectivity index (χ0v) is 11.2. The second-order valence-electron chi connectivity index (χ2n) is 4.93. The molecule has 2 heterocycles. The van der Waals surface area contributed by atoms with Gasteiger partial charge in [-0.05, 0) is 12.1 Å². The van der Waals surface area contributed by atoms with E-state index in [9.17, 15) is 19.5 Å². The predicted molar refractivity (Wildman–Crippen MR) is 67.9 cm³/mol. The van der Waals surface area contributed by atoms with Gasteiger partial charge in [-0.25, -0.2) is 9.59 Å². The largest absolute Gasteiger partial charge is 0.478 e. The van der Waals surface area contributed by atoms with Gasteiger partial charge in [0.05, 0.1) is 12.2 Å². The summed E-state index contributed by atoms with van der Waals surface area (Å²) in [5.74, 6) is -2.79. The molecule has 8 nitrogen and oxygen atoms in total. The number of cyclic esters (lactones) is 1. The lowest BCUT2D eigenvalue weighted by Crippen LogP contribution is -2.36. The van der Waals surface area contributed by atoms with Crippen LogP contribution in [0.15, 0.2) is 24.3 Å². The predicted octanol–water partition coefficient (Wildman–Crippen LogP) is -0.346. The Bertz CT molecular complexity index is 622. The summed E-state index contributed by atoms with van der Waals surface area (Å²) in [5, 5.41) is 18.1. The highest BCUT2D eigenvalue weighted by molar-refractivity contribution is 6.09. The number of carboxylic acids is 1. The van der Waals surface area contributed by atoms with Crippen molar-refractivity contribution >= 4 is 17.7 Å². The number of ether oxygens (including phenoxy) is 3. The van der Waals surface area contributed by atoms with Crippen LogP contribution in [0.1, 0.15) is 22.2 Å². The Kier molecular flexibility index (Phi) is 3.65. The third-order valence-corrected chi connectivity index (χ3v) is 3.49. The molecule has 0 radical (unpaired) electrons. The number of hydrogen-bond acceptors (Lipinski definition) is 7. The molecule has 2 saturated heterocycles. The average molecular weight is 308 g/mol. The van der Waals surface area contributed by atoms with E-state index in [0.717, 1.165) is 0 Å². The van der Waals surface area contributed by atoms with Crippen molar-refractivity contribution in [3.63, 3.8) is 0 Å². The summed E-state index contributed by atoms with van der Waals surface area (Å²) in [7, 11) is 0. The van der Waals surface area contributed by atoms with Gasteiger partial charge in [-0.3, -0.25) is 4.79 Å². The van der Waals surface area contributed by atoms with E-state index >= 15 is 0 Å². The molecule has 4 unspecified atom stereocenters. The lowest BCUT2D eigenvalue weighted by Gasteiger charge is -2.15. The van der Waals surface area contributed by atoms with Crippen molar-refractivity contribution in [1.29, 1.82) is 0 Å². The monoisotopic (exact) mass is 308 g/mol. The van der Waals surface area contributed by atoms with Crippen molar-refractivity contribution in [2.45, 2.75) is 24.6 Å². The summed E-state index contributed by atoms with van der Waals surface area (Å²) in [6, 6.07) is 5.88. The molecule has 0 aliphatic carbocycles. The summed E-state index contributed by atoms with van der Waals surface area (Å²) < 4.78 is 15.7. The highest BCUT2D eigenvalue weighted by atomic mass is 16.7. The van der Waals surface area contributed by atoms with Crippen LogP contribution in [-0.2, 0) is 23.8 Å². The lowest BCUT2D eigenvalue weighted by atomic mass is 10.1. The number of carbonyl (C=O) groups excluding carboxylic acids is 2. The van der Waals surface area contributed by atoms with Crippen LogP contribution in [0.25, 0.3) is 0 Å².